The van der Waals surface area contributed by atoms with Crippen LogP contribution in [0.4, 0.5) is 5.69 Å². The molecule has 1 fully saturated rings. The van der Waals surface area contributed by atoms with Gasteiger partial charge in [-0.15, -0.1) is 0 Å². The SMILES string of the molecule is COc1ccc(-c2noc([C@@H]3CC(=O)N(c4cc(C)cc(C)c4)C3)n2)cc1. The van der Waals surface area contributed by atoms with Crippen LogP contribution in [0.3, 0.4) is 0 Å². The Labute approximate surface area is 157 Å². The fourth-order valence-corrected chi connectivity index (χ4v) is 3.49. The molecule has 0 radical (unpaired) electrons. The summed E-state index contributed by atoms with van der Waals surface area (Å²) >= 11 is 0. The van der Waals surface area contributed by atoms with Crippen LogP contribution >= 0.6 is 0 Å². The van der Waals surface area contributed by atoms with Gasteiger partial charge in [0.2, 0.25) is 17.6 Å². The number of aryl methyl sites for hydroxylation is 2. The summed E-state index contributed by atoms with van der Waals surface area (Å²) in [5, 5.41) is 4.08. The maximum absolute atomic E-state index is 12.6. The largest absolute Gasteiger partial charge is 0.497 e. The van der Waals surface area contributed by atoms with Crippen LogP contribution in [0.1, 0.15) is 29.4 Å². The minimum atomic E-state index is -0.0992. The van der Waals surface area contributed by atoms with E-state index in [9.17, 15) is 4.79 Å². The van der Waals surface area contributed by atoms with Crippen LogP contribution in [0.2, 0.25) is 0 Å². The molecule has 0 saturated carbocycles. The number of carbonyl (C=O) groups is 1. The van der Waals surface area contributed by atoms with Gasteiger partial charge < -0.3 is 14.2 Å². The number of ether oxygens (including phenoxy) is 1. The number of hydrogen-bond acceptors (Lipinski definition) is 5. The molecule has 1 amide bonds. The Morgan fingerprint density at radius 1 is 1.11 bits per heavy atom. The van der Waals surface area contributed by atoms with Crippen molar-refractivity contribution in [1.82, 2.24) is 10.1 Å². The third-order valence-electron chi connectivity index (χ3n) is 4.78. The third kappa shape index (κ3) is 3.43. The smallest absolute Gasteiger partial charge is 0.232 e. The average Bonchev–Trinajstić information content (AvgIpc) is 3.28. The first kappa shape index (κ1) is 17.3. The van der Waals surface area contributed by atoms with Gasteiger partial charge in [0.25, 0.3) is 0 Å². The van der Waals surface area contributed by atoms with Crippen molar-refractivity contribution in [2.24, 2.45) is 0 Å². The summed E-state index contributed by atoms with van der Waals surface area (Å²) in [6.07, 6.45) is 0.372. The number of aromatic nitrogens is 2. The van der Waals surface area contributed by atoms with Crippen LogP contribution in [0.25, 0.3) is 11.4 Å². The van der Waals surface area contributed by atoms with Crippen molar-refractivity contribution in [3.8, 4) is 17.1 Å². The highest BCUT2D eigenvalue weighted by Crippen LogP contribution is 2.33. The van der Waals surface area contributed by atoms with Gasteiger partial charge in [0.15, 0.2) is 0 Å². The van der Waals surface area contributed by atoms with Gasteiger partial charge in [-0.2, -0.15) is 4.98 Å². The fourth-order valence-electron chi connectivity index (χ4n) is 3.49. The minimum absolute atomic E-state index is 0.0780. The number of anilines is 1. The van der Waals surface area contributed by atoms with Crippen LogP contribution in [0.5, 0.6) is 5.75 Å². The molecule has 6 nitrogen and oxygen atoms in total. The summed E-state index contributed by atoms with van der Waals surface area (Å²) in [4.78, 5) is 18.9. The Balaban J connectivity index is 1.54. The summed E-state index contributed by atoms with van der Waals surface area (Å²) in [6, 6.07) is 13.6. The van der Waals surface area contributed by atoms with Gasteiger partial charge in [0.1, 0.15) is 5.75 Å². The molecule has 1 saturated heterocycles. The van der Waals surface area contributed by atoms with Crippen LogP contribution in [-0.4, -0.2) is 29.7 Å². The molecule has 0 unspecified atom stereocenters. The Morgan fingerprint density at radius 3 is 2.48 bits per heavy atom. The number of methoxy groups -OCH3 is 1. The highest BCUT2D eigenvalue weighted by Gasteiger charge is 2.35. The molecule has 2 heterocycles. The van der Waals surface area contributed by atoms with E-state index in [1.807, 2.05) is 55.1 Å². The number of nitrogens with zero attached hydrogens (tertiary/aromatic N) is 3. The zero-order valence-electron chi connectivity index (χ0n) is 15.6. The molecule has 0 N–H and O–H groups in total. The minimum Gasteiger partial charge on any atom is -0.497 e. The second-order valence-electron chi connectivity index (χ2n) is 6.94. The van der Waals surface area contributed by atoms with Crippen molar-refractivity contribution in [3.63, 3.8) is 0 Å². The number of amides is 1. The summed E-state index contributed by atoms with van der Waals surface area (Å²) in [5.41, 5.74) is 4.05. The van der Waals surface area contributed by atoms with Crippen molar-refractivity contribution >= 4 is 11.6 Å². The van der Waals surface area contributed by atoms with Gasteiger partial charge in [0.05, 0.1) is 13.0 Å². The summed E-state index contributed by atoms with van der Waals surface area (Å²) < 4.78 is 10.6. The van der Waals surface area contributed by atoms with Crippen LogP contribution in [0, 0.1) is 13.8 Å². The lowest BCUT2D eigenvalue weighted by molar-refractivity contribution is -0.117. The highest BCUT2D eigenvalue weighted by atomic mass is 16.5. The summed E-state index contributed by atoms with van der Waals surface area (Å²) in [5.74, 6) is 1.77. The molecule has 3 aromatic rings. The maximum atomic E-state index is 12.6. The number of rotatable bonds is 4. The molecular formula is C21H21N3O3. The van der Waals surface area contributed by atoms with E-state index in [0.717, 1.165) is 28.1 Å². The molecule has 0 bridgehead atoms. The van der Waals surface area contributed by atoms with E-state index in [4.69, 9.17) is 9.26 Å². The molecule has 0 spiro atoms. The lowest BCUT2D eigenvalue weighted by Gasteiger charge is -2.17. The monoisotopic (exact) mass is 363 g/mol. The molecule has 138 valence electrons. The van der Waals surface area contributed by atoms with E-state index >= 15 is 0 Å². The zero-order chi connectivity index (χ0) is 19.0. The molecule has 1 atom stereocenters. The van der Waals surface area contributed by atoms with Gasteiger partial charge in [-0.1, -0.05) is 11.2 Å². The average molecular weight is 363 g/mol. The third-order valence-corrected chi connectivity index (χ3v) is 4.78. The molecule has 2 aromatic carbocycles. The second kappa shape index (κ2) is 6.87. The van der Waals surface area contributed by atoms with Crippen LogP contribution in [0.15, 0.2) is 47.0 Å². The predicted octanol–water partition coefficient (Wildman–Crippen LogP) is 3.88. The molecule has 4 rings (SSSR count). The van der Waals surface area contributed by atoms with Crippen LogP contribution < -0.4 is 9.64 Å². The number of carbonyl (C=O) groups excluding carboxylic acids is 1. The quantitative estimate of drug-likeness (QED) is 0.703. The van der Waals surface area contributed by atoms with E-state index in [2.05, 4.69) is 16.2 Å². The van der Waals surface area contributed by atoms with E-state index in [1.54, 1.807) is 7.11 Å². The Kier molecular flexibility index (Phi) is 4.39. The summed E-state index contributed by atoms with van der Waals surface area (Å²) in [7, 11) is 1.63. The molecule has 1 aromatic heterocycles. The molecule has 0 aliphatic carbocycles. The zero-order valence-corrected chi connectivity index (χ0v) is 15.6. The molecule has 1 aliphatic rings. The molecule has 6 heteroatoms. The molecule has 1 aliphatic heterocycles. The van der Waals surface area contributed by atoms with Gasteiger partial charge in [-0.05, 0) is 61.4 Å². The van der Waals surface area contributed by atoms with Crippen molar-refractivity contribution < 1.29 is 14.1 Å². The van der Waals surface area contributed by atoms with E-state index in [0.29, 0.717) is 24.7 Å². The molecule has 27 heavy (non-hydrogen) atoms. The summed E-state index contributed by atoms with van der Waals surface area (Å²) in [6.45, 7) is 4.62. The first-order valence-corrected chi connectivity index (χ1v) is 8.90. The van der Waals surface area contributed by atoms with Gasteiger partial charge in [-0.25, -0.2) is 0 Å². The van der Waals surface area contributed by atoms with E-state index in [1.165, 1.54) is 0 Å². The highest BCUT2D eigenvalue weighted by molar-refractivity contribution is 5.96. The normalized spacial score (nSPS) is 16.8. The van der Waals surface area contributed by atoms with Gasteiger partial charge >= 0.3 is 0 Å². The van der Waals surface area contributed by atoms with E-state index in [-0.39, 0.29) is 11.8 Å². The van der Waals surface area contributed by atoms with Crippen molar-refractivity contribution in [3.05, 3.63) is 59.5 Å². The van der Waals surface area contributed by atoms with Gasteiger partial charge in [-0.3, -0.25) is 4.79 Å². The van der Waals surface area contributed by atoms with Crippen molar-refractivity contribution in [2.75, 3.05) is 18.6 Å². The Bertz CT molecular complexity index is 958. The lowest BCUT2D eigenvalue weighted by Crippen LogP contribution is -2.24. The molecular weight excluding hydrogens is 342 g/mol. The number of benzene rings is 2. The standard InChI is InChI=1S/C21H21N3O3/c1-13-8-14(2)10-17(9-13)24-12-16(11-19(24)25)21-22-20(23-27-21)15-4-6-18(26-3)7-5-15/h4-10,16H,11-12H2,1-3H3/t16-/m1/s1. The fraction of sp³-hybridized carbons (Fsp3) is 0.286. The van der Waals surface area contributed by atoms with Gasteiger partial charge in [0, 0.05) is 24.2 Å². The topological polar surface area (TPSA) is 68.5 Å². The number of hydrogen-bond donors (Lipinski definition) is 0. The maximum Gasteiger partial charge on any atom is 0.232 e. The Hall–Kier alpha value is -3.15. The second-order valence-corrected chi connectivity index (χ2v) is 6.94. The first-order chi connectivity index (χ1) is 13.0. The van der Waals surface area contributed by atoms with E-state index < -0.39 is 0 Å². The predicted molar refractivity (Wildman–Crippen MR) is 102 cm³/mol. The van der Waals surface area contributed by atoms with Crippen molar-refractivity contribution in [2.45, 2.75) is 26.2 Å². The van der Waals surface area contributed by atoms with Crippen molar-refractivity contribution in [1.29, 1.82) is 0 Å². The lowest BCUT2D eigenvalue weighted by atomic mass is 10.1. The Morgan fingerprint density at radius 2 is 1.81 bits per heavy atom. The van der Waals surface area contributed by atoms with Crippen LogP contribution in [-0.2, 0) is 4.79 Å². The first-order valence-electron chi connectivity index (χ1n) is 8.90.